The lowest BCUT2D eigenvalue weighted by molar-refractivity contribution is 0.583. The lowest BCUT2D eigenvalue weighted by Gasteiger charge is -2.17. The van der Waals surface area contributed by atoms with Crippen molar-refractivity contribution in [3.63, 3.8) is 0 Å². The van der Waals surface area contributed by atoms with Gasteiger partial charge in [-0.25, -0.2) is 0 Å². The van der Waals surface area contributed by atoms with Crippen LogP contribution in [-0.2, 0) is 11.0 Å². The van der Waals surface area contributed by atoms with Crippen molar-refractivity contribution in [1.29, 1.82) is 0 Å². The van der Waals surface area contributed by atoms with Crippen LogP contribution >= 0.6 is 0 Å². The standard InChI is InChI=1S/C14H19N/c1-13(6-7-13)11-4-3-5-12(10-11)14(15-2)8-9-14/h3-5,10,15H,6-9H2,1-2H3. The molecule has 0 saturated heterocycles. The molecule has 2 fully saturated rings. The molecule has 0 atom stereocenters. The summed E-state index contributed by atoms with van der Waals surface area (Å²) in [4.78, 5) is 0. The molecule has 2 aliphatic rings. The highest BCUT2D eigenvalue weighted by Crippen LogP contribution is 2.50. The molecule has 0 amide bonds. The first-order chi connectivity index (χ1) is 7.19. The van der Waals surface area contributed by atoms with E-state index >= 15 is 0 Å². The van der Waals surface area contributed by atoms with Gasteiger partial charge in [0, 0.05) is 5.54 Å². The quantitative estimate of drug-likeness (QED) is 0.793. The molecule has 0 bridgehead atoms. The lowest BCUT2D eigenvalue weighted by Crippen LogP contribution is -2.24. The Kier molecular flexibility index (Phi) is 1.79. The van der Waals surface area contributed by atoms with E-state index in [9.17, 15) is 0 Å². The second-order valence-corrected chi connectivity index (χ2v) is 5.47. The smallest absolute Gasteiger partial charge is 0.0433 e. The van der Waals surface area contributed by atoms with Crippen LogP contribution in [0.15, 0.2) is 24.3 Å². The van der Waals surface area contributed by atoms with Crippen LogP contribution in [-0.4, -0.2) is 7.05 Å². The second kappa shape index (κ2) is 2.85. The summed E-state index contributed by atoms with van der Waals surface area (Å²) in [5.41, 5.74) is 3.86. The van der Waals surface area contributed by atoms with E-state index in [2.05, 4.69) is 43.6 Å². The van der Waals surface area contributed by atoms with Gasteiger partial charge in [-0.05, 0) is 49.3 Å². The molecule has 1 N–H and O–H groups in total. The van der Waals surface area contributed by atoms with Crippen molar-refractivity contribution < 1.29 is 0 Å². The maximum absolute atomic E-state index is 3.47. The highest BCUT2D eigenvalue weighted by molar-refractivity contribution is 5.39. The molecule has 1 heteroatoms. The van der Waals surface area contributed by atoms with Crippen LogP contribution in [0.1, 0.15) is 43.7 Å². The summed E-state index contributed by atoms with van der Waals surface area (Å²) >= 11 is 0. The molecule has 15 heavy (non-hydrogen) atoms. The number of hydrogen-bond acceptors (Lipinski definition) is 1. The minimum atomic E-state index is 0.321. The number of nitrogens with one attached hydrogen (secondary N) is 1. The normalized spacial score (nSPS) is 24.9. The number of hydrogen-bond donors (Lipinski definition) is 1. The highest BCUT2D eigenvalue weighted by Gasteiger charge is 2.44. The summed E-state index contributed by atoms with van der Waals surface area (Å²) in [5, 5.41) is 3.47. The molecule has 2 aliphatic carbocycles. The van der Waals surface area contributed by atoms with Crippen LogP contribution in [0.3, 0.4) is 0 Å². The molecule has 1 aromatic rings. The van der Waals surface area contributed by atoms with Crippen LogP contribution in [0.25, 0.3) is 0 Å². The van der Waals surface area contributed by atoms with Crippen molar-refractivity contribution in [3.05, 3.63) is 35.4 Å². The van der Waals surface area contributed by atoms with Gasteiger partial charge in [-0.15, -0.1) is 0 Å². The zero-order valence-corrected chi connectivity index (χ0v) is 9.64. The van der Waals surface area contributed by atoms with Gasteiger partial charge >= 0.3 is 0 Å². The van der Waals surface area contributed by atoms with Crippen molar-refractivity contribution in [1.82, 2.24) is 5.32 Å². The van der Waals surface area contributed by atoms with E-state index in [1.165, 1.54) is 31.2 Å². The van der Waals surface area contributed by atoms with Crippen molar-refractivity contribution in [2.24, 2.45) is 0 Å². The number of rotatable bonds is 3. The van der Waals surface area contributed by atoms with Crippen molar-refractivity contribution in [3.8, 4) is 0 Å². The van der Waals surface area contributed by atoms with E-state index < -0.39 is 0 Å². The maximum atomic E-state index is 3.47. The van der Waals surface area contributed by atoms with E-state index in [1.54, 1.807) is 5.56 Å². The molecule has 0 aliphatic heterocycles. The molecular weight excluding hydrogens is 182 g/mol. The van der Waals surface area contributed by atoms with Gasteiger partial charge in [-0.1, -0.05) is 31.2 Å². The van der Waals surface area contributed by atoms with Gasteiger partial charge in [-0.3, -0.25) is 0 Å². The van der Waals surface area contributed by atoms with Gasteiger partial charge in [0.25, 0.3) is 0 Å². The summed E-state index contributed by atoms with van der Waals surface area (Å²) in [6.45, 7) is 2.38. The fraction of sp³-hybridized carbons (Fsp3) is 0.571. The molecule has 3 rings (SSSR count). The van der Waals surface area contributed by atoms with E-state index in [0.717, 1.165) is 0 Å². The van der Waals surface area contributed by atoms with Gasteiger partial charge in [0.2, 0.25) is 0 Å². The maximum Gasteiger partial charge on any atom is 0.0433 e. The average molecular weight is 201 g/mol. The first-order valence-electron chi connectivity index (χ1n) is 5.99. The lowest BCUT2D eigenvalue weighted by atomic mass is 9.93. The second-order valence-electron chi connectivity index (χ2n) is 5.47. The molecule has 0 radical (unpaired) electrons. The van der Waals surface area contributed by atoms with Crippen LogP contribution < -0.4 is 5.32 Å². The van der Waals surface area contributed by atoms with Crippen molar-refractivity contribution in [2.75, 3.05) is 7.05 Å². The minimum absolute atomic E-state index is 0.321. The Morgan fingerprint density at radius 1 is 1.07 bits per heavy atom. The minimum Gasteiger partial charge on any atom is -0.310 e. The Balaban J connectivity index is 1.97. The SMILES string of the molecule is CNC1(c2cccc(C3(C)CC3)c2)CC1. The molecule has 1 nitrogen and oxygen atoms in total. The zero-order valence-electron chi connectivity index (χ0n) is 9.64. The van der Waals surface area contributed by atoms with E-state index in [0.29, 0.717) is 11.0 Å². The Labute approximate surface area is 91.9 Å². The third-order valence-corrected chi connectivity index (χ3v) is 4.34. The Hall–Kier alpha value is -0.820. The first kappa shape index (κ1) is 9.41. The van der Waals surface area contributed by atoms with E-state index in [1.807, 2.05) is 0 Å². The average Bonchev–Trinajstić information content (AvgIpc) is 3.15. The van der Waals surface area contributed by atoms with Gasteiger partial charge < -0.3 is 5.32 Å². The zero-order chi connectivity index (χ0) is 10.5. The van der Waals surface area contributed by atoms with Crippen LogP contribution in [0, 0.1) is 0 Å². The molecule has 2 saturated carbocycles. The van der Waals surface area contributed by atoms with E-state index in [-0.39, 0.29) is 0 Å². The molecule has 1 aromatic carbocycles. The summed E-state index contributed by atoms with van der Waals surface area (Å²) in [6.07, 6.45) is 5.32. The third kappa shape index (κ3) is 1.41. The predicted molar refractivity (Wildman–Crippen MR) is 63.0 cm³/mol. The monoisotopic (exact) mass is 201 g/mol. The fourth-order valence-electron chi connectivity index (χ4n) is 2.48. The summed E-state index contributed by atoms with van der Waals surface area (Å²) in [6, 6.07) is 9.23. The van der Waals surface area contributed by atoms with Gasteiger partial charge in [0.1, 0.15) is 0 Å². The molecule has 0 aromatic heterocycles. The summed E-state index contributed by atoms with van der Waals surface area (Å²) in [7, 11) is 2.08. The molecule has 0 spiro atoms. The highest BCUT2D eigenvalue weighted by atomic mass is 15.0. The summed E-state index contributed by atoms with van der Waals surface area (Å²) in [5.74, 6) is 0. The van der Waals surface area contributed by atoms with E-state index in [4.69, 9.17) is 0 Å². The number of benzene rings is 1. The predicted octanol–water partition coefficient (Wildman–Crippen LogP) is 2.95. The van der Waals surface area contributed by atoms with Crippen LogP contribution in [0.4, 0.5) is 0 Å². The van der Waals surface area contributed by atoms with Gasteiger partial charge in [0.15, 0.2) is 0 Å². The van der Waals surface area contributed by atoms with Gasteiger partial charge in [-0.2, -0.15) is 0 Å². The Bertz CT molecular complexity index is 386. The molecular formula is C14H19N. The summed E-state index contributed by atoms with van der Waals surface area (Å²) < 4.78 is 0. The van der Waals surface area contributed by atoms with Crippen molar-refractivity contribution >= 4 is 0 Å². The third-order valence-electron chi connectivity index (χ3n) is 4.34. The van der Waals surface area contributed by atoms with Crippen LogP contribution in [0.2, 0.25) is 0 Å². The van der Waals surface area contributed by atoms with Gasteiger partial charge in [0.05, 0.1) is 0 Å². The molecule has 0 heterocycles. The Morgan fingerprint density at radius 2 is 1.73 bits per heavy atom. The van der Waals surface area contributed by atoms with Crippen LogP contribution in [0.5, 0.6) is 0 Å². The molecule has 80 valence electrons. The van der Waals surface area contributed by atoms with Crippen molar-refractivity contribution in [2.45, 2.75) is 43.6 Å². The topological polar surface area (TPSA) is 12.0 Å². The molecule has 0 unspecified atom stereocenters. The first-order valence-corrected chi connectivity index (χ1v) is 5.99. The fourth-order valence-corrected chi connectivity index (χ4v) is 2.48. The Morgan fingerprint density at radius 3 is 2.27 bits per heavy atom. The largest absolute Gasteiger partial charge is 0.310 e.